The van der Waals surface area contributed by atoms with Crippen LogP contribution in [0.15, 0.2) is 38.5 Å². The highest BCUT2D eigenvalue weighted by Crippen LogP contribution is 2.30. The highest BCUT2D eigenvalue weighted by Gasteiger charge is 2.29. The largest absolute Gasteiger partial charge is 0.293 e. The van der Waals surface area contributed by atoms with E-state index in [1.807, 2.05) is 0 Å². The highest BCUT2D eigenvalue weighted by molar-refractivity contribution is 7.94. The Hall–Kier alpha value is -1.76. The number of isocyanates is 1. The lowest BCUT2D eigenvalue weighted by molar-refractivity contribution is 0.562. The van der Waals surface area contributed by atoms with Crippen LogP contribution in [0, 0.1) is 0 Å². The summed E-state index contributed by atoms with van der Waals surface area (Å²) >= 11 is 0. The van der Waals surface area contributed by atoms with Gasteiger partial charge in [0, 0.05) is 0 Å². The van der Waals surface area contributed by atoms with Crippen molar-refractivity contribution in [1.29, 1.82) is 0 Å². The second-order valence-corrected chi connectivity index (χ2v) is 7.06. The summed E-state index contributed by atoms with van der Waals surface area (Å²) in [6.45, 7) is 0. The Balaban J connectivity index is 2.89. The number of benzene rings is 1. The molecule has 18 heavy (non-hydrogen) atoms. The van der Waals surface area contributed by atoms with E-state index in [1.54, 1.807) is 0 Å². The number of hydrogen-bond acceptors (Lipinski definition) is 5. The van der Waals surface area contributed by atoms with E-state index in [4.69, 9.17) is 0 Å². The summed E-state index contributed by atoms with van der Waals surface area (Å²) in [4.78, 5) is 9.28. The number of rotatable bonds is 2. The third kappa shape index (κ3) is 2.01. The maximum atomic E-state index is 11.9. The van der Waals surface area contributed by atoms with Crippen LogP contribution in [0.5, 0.6) is 0 Å². The first-order chi connectivity index (χ1) is 8.38. The van der Waals surface area contributed by atoms with Gasteiger partial charge in [0.15, 0.2) is 9.84 Å². The first kappa shape index (κ1) is 12.7. The molecule has 0 radical (unpaired) electrons. The molecule has 0 bridgehead atoms. The van der Waals surface area contributed by atoms with Crippen molar-refractivity contribution in [3.05, 3.63) is 29.8 Å². The highest BCUT2D eigenvalue weighted by atomic mass is 32.2. The third-order valence-corrected chi connectivity index (χ3v) is 5.42. The molecule has 1 aliphatic heterocycles. The van der Waals surface area contributed by atoms with Gasteiger partial charge in [-0.25, -0.2) is 13.2 Å². The molecule has 0 aromatic heterocycles. The predicted octanol–water partition coefficient (Wildman–Crippen LogP) is 0.512. The fourth-order valence-corrected chi connectivity index (χ4v) is 4.57. The number of sulfonamides is 1. The molecule has 0 unspecified atom stereocenters. The van der Waals surface area contributed by atoms with Crippen LogP contribution in [0.1, 0.15) is 5.56 Å². The van der Waals surface area contributed by atoms with Gasteiger partial charge in [0.1, 0.15) is 4.90 Å². The van der Waals surface area contributed by atoms with Crippen molar-refractivity contribution in [2.75, 3.05) is 5.75 Å². The van der Waals surface area contributed by atoms with Crippen LogP contribution in [0.2, 0.25) is 0 Å². The van der Waals surface area contributed by atoms with Gasteiger partial charge in [-0.2, -0.15) is 8.42 Å². The van der Waals surface area contributed by atoms with Gasteiger partial charge in [0.25, 0.3) is 16.1 Å². The monoisotopic (exact) mass is 285 g/mol. The number of carbonyl (C=O) groups excluding carboxylic acids is 1. The lowest BCUT2D eigenvalue weighted by atomic mass is 10.2. The molecule has 0 fully saturated rings. The van der Waals surface area contributed by atoms with Crippen molar-refractivity contribution in [2.24, 2.45) is 4.40 Å². The van der Waals surface area contributed by atoms with Crippen molar-refractivity contribution in [3.8, 4) is 0 Å². The van der Waals surface area contributed by atoms with E-state index in [0.717, 1.165) is 12.1 Å². The molecule has 0 aliphatic carbocycles. The Morgan fingerprint density at radius 2 is 2.00 bits per heavy atom. The zero-order valence-electron chi connectivity index (χ0n) is 8.90. The van der Waals surface area contributed by atoms with Gasteiger partial charge < -0.3 is 0 Å². The molecule has 8 heteroatoms. The molecule has 1 aromatic carbocycles. The van der Waals surface area contributed by atoms with Crippen molar-refractivity contribution in [3.63, 3.8) is 0 Å². The van der Waals surface area contributed by atoms with E-state index < -0.39 is 24.8 Å². The minimum absolute atomic E-state index is 0.267. The smallest absolute Gasteiger partial charge is 0.223 e. The van der Waals surface area contributed by atoms with Gasteiger partial charge >= 0.3 is 0 Å². The summed E-state index contributed by atoms with van der Waals surface area (Å²) in [6, 6.07) is 3.97. The van der Waals surface area contributed by atoms with Crippen LogP contribution in [0.4, 0.5) is 0 Å². The van der Waals surface area contributed by atoms with E-state index in [9.17, 15) is 21.6 Å². The summed E-state index contributed by atoms with van der Waals surface area (Å²) in [5.41, 5.74) is 0.267. The fourth-order valence-electron chi connectivity index (χ4n) is 1.68. The Bertz CT molecular complexity index is 784. The summed E-state index contributed by atoms with van der Waals surface area (Å²) in [5, 5.41) is 0. The number of fused-ring (bicyclic) bond motifs is 1. The molecule has 0 saturated heterocycles. The van der Waals surface area contributed by atoms with Gasteiger partial charge in [0.05, 0.1) is 10.6 Å². The first-order valence-corrected chi connectivity index (χ1v) is 7.84. The molecular formula is C10H7NO5S2. The molecule has 0 N–H and O–H groups in total. The average molecular weight is 285 g/mol. The second-order valence-electron chi connectivity index (χ2n) is 3.52. The molecule has 1 aliphatic rings. The minimum atomic E-state index is -4.33. The van der Waals surface area contributed by atoms with Crippen LogP contribution >= 0.6 is 0 Å². The molecule has 6 nitrogen and oxygen atoms in total. The van der Waals surface area contributed by atoms with E-state index >= 15 is 0 Å². The lowest BCUT2D eigenvalue weighted by Crippen LogP contribution is -2.15. The molecule has 1 aromatic rings. The SMILES string of the molecule is O=C=NS(=O)(=O)c1cccc2c1S(=O)(=O)CC=C2. The van der Waals surface area contributed by atoms with Gasteiger partial charge in [-0.1, -0.05) is 28.7 Å². The molecule has 0 amide bonds. The van der Waals surface area contributed by atoms with Gasteiger partial charge in [0.2, 0.25) is 0 Å². The number of hydrogen-bond donors (Lipinski definition) is 0. The summed E-state index contributed by atoms with van der Waals surface area (Å²) in [6.07, 6.45) is 3.86. The molecular weight excluding hydrogens is 278 g/mol. The Morgan fingerprint density at radius 3 is 2.67 bits per heavy atom. The molecule has 1 heterocycles. The Morgan fingerprint density at radius 1 is 1.28 bits per heavy atom. The van der Waals surface area contributed by atoms with Gasteiger partial charge in [-0.15, -0.1) is 0 Å². The first-order valence-electron chi connectivity index (χ1n) is 4.75. The van der Waals surface area contributed by atoms with E-state index in [-0.39, 0.29) is 16.2 Å². The maximum absolute atomic E-state index is 11.9. The Kier molecular flexibility index (Phi) is 2.94. The fraction of sp³-hybridized carbons (Fsp3) is 0.100. The predicted molar refractivity (Wildman–Crippen MR) is 62.8 cm³/mol. The summed E-state index contributed by atoms with van der Waals surface area (Å²) in [7, 11) is -8.06. The second kappa shape index (κ2) is 4.16. The Labute approximate surface area is 104 Å². The van der Waals surface area contributed by atoms with Crippen molar-refractivity contribution in [1.82, 2.24) is 0 Å². The summed E-state index contributed by atoms with van der Waals surface area (Å²) < 4.78 is 49.8. The van der Waals surface area contributed by atoms with Gasteiger partial charge in [-0.3, -0.25) is 0 Å². The zero-order valence-corrected chi connectivity index (χ0v) is 10.5. The van der Waals surface area contributed by atoms with Crippen molar-refractivity contribution in [2.45, 2.75) is 9.79 Å². The van der Waals surface area contributed by atoms with Gasteiger partial charge in [-0.05, 0) is 11.6 Å². The normalized spacial score (nSPS) is 16.7. The standard InChI is InChI=1S/C10H7NO5S2/c12-7-11-18(15,16)9-5-1-3-8-4-2-6-17(13,14)10(8)9/h1-5H,6H2. The third-order valence-electron chi connectivity index (χ3n) is 2.37. The zero-order chi connectivity index (χ0) is 13.4. The summed E-state index contributed by atoms with van der Waals surface area (Å²) in [5.74, 6) is -0.280. The van der Waals surface area contributed by atoms with Crippen molar-refractivity contribution < 1.29 is 21.6 Å². The van der Waals surface area contributed by atoms with E-state index in [0.29, 0.717) is 0 Å². The molecule has 0 saturated carbocycles. The van der Waals surface area contributed by atoms with Crippen LogP contribution in [0.25, 0.3) is 6.08 Å². The molecule has 94 valence electrons. The quantitative estimate of drug-likeness (QED) is 0.582. The lowest BCUT2D eigenvalue weighted by Gasteiger charge is -2.13. The molecule has 0 spiro atoms. The molecule has 2 rings (SSSR count). The van der Waals surface area contributed by atoms with E-state index in [2.05, 4.69) is 4.40 Å². The minimum Gasteiger partial charge on any atom is -0.223 e. The van der Waals surface area contributed by atoms with Crippen molar-refractivity contribution >= 4 is 32.0 Å². The molecule has 0 atom stereocenters. The number of sulfone groups is 1. The van der Waals surface area contributed by atoms with Crippen LogP contribution < -0.4 is 0 Å². The maximum Gasteiger partial charge on any atom is 0.293 e. The van der Waals surface area contributed by atoms with Crippen LogP contribution in [-0.2, 0) is 24.7 Å². The van der Waals surface area contributed by atoms with Crippen LogP contribution in [0.3, 0.4) is 0 Å². The van der Waals surface area contributed by atoms with E-state index in [1.165, 1.54) is 24.3 Å². The topological polar surface area (TPSA) is 97.7 Å². The van der Waals surface area contributed by atoms with Crippen LogP contribution in [-0.4, -0.2) is 28.7 Å². The average Bonchev–Trinajstić information content (AvgIpc) is 2.28. The number of nitrogens with zero attached hydrogens (tertiary/aromatic N) is 1.